The van der Waals surface area contributed by atoms with Crippen LogP contribution in [0, 0.1) is 23.8 Å². The molecular formula is C22H20F2N2O4S. The van der Waals surface area contributed by atoms with Crippen LogP contribution in [-0.2, 0) is 10.0 Å². The van der Waals surface area contributed by atoms with Crippen LogP contribution in [0.25, 0.3) is 17.2 Å². The molecule has 0 aliphatic carbocycles. The van der Waals surface area contributed by atoms with Crippen molar-refractivity contribution >= 4 is 21.8 Å². The van der Waals surface area contributed by atoms with E-state index in [9.17, 15) is 22.4 Å². The average molecular weight is 446 g/mol. The first-order chi connectivity index (χ1) is 14.6. The molecule has 3 rings (SSSR count). The van der Waals surface area contributed by atoms with E-state index in [0.29, 0.717) is 27.6 Å². The van der Waals surface area contributed by atoms with Gasteiger partial charge in [0.15, 0.2) is 17.3 Å². The molecule has 0 bridgehead atoms. The molecule has 0 aliphatic heterocycles. The van der Waals surface area contributed by atoms with Gasteiger partial charge in [0.25, 0.3) is 0 Å². The van der Waals surface area contributed by atoms with E-state index in [1.165, 1.54) is 31.2 Å². The van der Waals surface area contributed by atoms with E-state index in [4.69, 9.17) is 4.74 Å². The molecule has 3 aromatic rings. The van der Waals surface area contributed by atoms with Gasteiger partial charge in [-0.05, 0) is 42.8 Å². The van der Waals surface area contributed by atoms with Gasteiger partial charge in [0, 0.05) is 42.4 Å². The van der Waals surface area contributed by atoms with Gasteiger partial charge in [0.05, 0.1) is 5.75 Å². The average Bonchev–Trinajstić information content (AvgIpc) is 2.72. The number of aromatic nitrogens is 1. The standard InChI is InChI=1S/C22H20F2N2O4S/c1-4-18-11-15(10-14(3)26(18)27)19-13-17(25-31(28,29)5-2)7-9-21(19)30-22-8-6-16(23)12-20(22)24/h4,6-13,25H,1,5H2,2-3H3. The molecule has 1 N–H and O–H groups in total. The van der Waals surface area contributed by atoms with Gasteiger partial charge in [-0.1, -0.05) is 6.58 Å². The highest BCUT2D eigenvalue weighted by molar-refractivity contribution is 7.92. The minimum atomic E-state index is -3.55. The van der Waals surface area contributed by atoms with Crippen LogP contribution in [0.4, 0.5) is 14.5 Å². The zero-order valence-electron chi connectivity index (χ0n) is 16.9. The van der Waals surface area contributed by atoms with Crippen molar-refractivity contribution in [2.24, 2.45) is 0 Å². The first-order valence-corrected chi connectivity index (χ1v) is 10.9. The zero-order chi connectivity index (χ0) is 22.8. The maximum Gasteiger partial charge on any atom is 0.232 e. The van der Waals surface area contributed by atoms with Gasteiger partial charge in [0.1, 0.15) is 11.6 Å². The lowest BCUT2D eigenvalue weighted by molar-refractivity contribution is -0.614. The van der Waals surface area contributed by atoms with E-state index in [0.717, 1.165) is 12.1 Å². The summed E-state index contributed by atoms with van der Waals surface area (Å²) in [5.41, 5.74) is 1.82. The van der Waals surface area contributed by atoms with Gasteiger partial charge in [0.2, 0.25) is 15.7 Å². The van der Waals surface area contributed by atoms with E-state index in [1.807, 2.05) is 0 Å². The Hall–Kier alpha value is -3.46. The summed E-state index contributed by atoms with van der Waals surface area (Å²) in [7, 11) is -3.55. The number of aryl methyl sites for hydroxylation is 1. The summed E-state index contributed by atoms with van der Waals surface area (Å²) < 4.78 is 60.2. The molecule has 6 nitrogen and oxygen atoms in total. The summed E-state index contributed by atoms with van der Waals surface area (Å²) in [5.74, 6) is -1.79. The van der Waals surface area contributed by atoms with E-state index in [-0.39, 0.29) is 28.6 Å². The highest BCUT2D eigenvalue weighted by Crippen LogP contribution is 2.37. The number of benzene rings is 2. The Kier molecular flexibility index (Phi) is 6.26. The van der Waals surface area contributed by atoms with Crippen molar-refractivity contribution in [3.8, 4) is 22.6 Å². The van der Waals surface area contributed by atoms with Crippen LogP contribution in [0.1, 0.15) is 18.3 Å². The Labute approximate surface area is 179 Å². The maximum absolute atomic E-state index is 14.1. The number of anilines is 1. The van der Waals surface area contributed by atoms with Crippen LogP contribution < -0.4 is 14.2 Å². The van der Waals surface area contributed by atoms with Crippen LogP contribution in [0.15, 0.2) is 55.1 Å². The van der Waals surface area contributed by atoms with Crippen molar-refractivity contribution < 1.29 is 26.7 Å². The van der Waals surface area contributed by atoms with Crippen molar-refractivity contribution in [3.05, 3.63) is 83.3 Å². The molecule has 162 valence electrons. The van der Waals surface area contributed by atoms with Crippen LogP contribution in [0.2, 0.25) is 0 Å². The number of hydrogen-bond donors (Lipinski definition) is 1. The number of ether oxygens (including phenoxy) is 1. The van der Waals surface area contributed by atoms with Crippen molar-refractivity contribution in [1.29, 1.82) is 0 Å². The van der Waals surface area contributed by atoms with Crippen molar-refractivity contribution in [3.63, 3.8) is 0 Å². The SMILES string of the molecule is C=Cc1cc(-c2cc(NS(=O)(=O)CC)ccc2Oc2ccc(F)cc2F)cc(C)[n+]1[O-]. The molecule has 31 heavy (non-hydrogen) atoms. The van der Waals surface area contributed by atoms with Gasteiger partial charge in [-0.25, -0.2) is 17.2 Å². The van der Waals surface area contributed by atoms with Crippen LogP contribution in [-0.4, -0.2) is 14.2 Å². The topological polar surface area (TPSA) is 82.3 Å². The fourth-order valence-electron chi connectivity index (χ4n) is 2.88. The number of nitrogens with zero attached hydrogens (tertiary/aromatic N) is 1. The second kappa shape index (κ2) is 8.73. The largest absolute Gasteiger partial charge is 0.618 e. The predicted octanol–water partition coefficient (Wildman–Crippen LogP) is 4.77. The summed E-state index contributed by atoms with van der Waals surface area (Å²) in [6.07, 6.45) is 1.38. The zero-order valence-corrected chi connectivity index (χ0v) is 17.7. The van der Waals surface area contributed by atoms with Gasteiger partial charge in [-0.3, -0.25) is 4.72 Å². The molecular weight excluding hydrogens is 426 g/mol. The Bertz CT molecular complexity index is 1260. The monoisotopic (exact) mass is 446 g/mol. The molecule has 0 amide bonds. The van der Waals surface area contributed by atoms with E-state index >= 15 is 0 Å². The first-order valence-electron chi connectivity index (χ1n) is 9.28. The molecule has 0 saturated carbocycles. The molecule has 0 radical (unpaired) electrons. The fourth-order valence-corrected chi connectivity index (χ4v) is 3.51. The van der Waals surface area contributed by atoms with Crippen molar-refractivity contribution in [2.45, 2.75) is 13.8 Å². The van der Waals surface area contributed by atoms with Crippen LogP contribution in [0.5, 0.6) is 11.5 Å². The summed E-state index contributed by atoms with van der Waals surface area (Å²) in [6, 6.07) is 10.5. The number of sulfonamides is 1. The molecule has 0 aliphatic rings. The quantitative estimate of drug-likeness (QED) is 0.419. The van der Waals surface area contributed by atoms with E-state index < -0.39 is 21.7 Å². The first kappa shape index (κ1) is 22.2. The minimum absolute atomic E-state index is 0.122. The molecule has 1 heterocycles. The summed E-state index contributed by atoms with van der Waals surface area (Å²) in [6.45, 7) is 6.73. The lowest BCUT2D eigenvalue weighted by Gasteiger charge is -2.15. The molecule has 0 spiro atoms. The molecule has 9 heteroatoms. The fraction of sp³-hybridized carbons (Fsp3) is 0.136. The third kappa shape index (κ3) is 5.00. The summed E-state index contributed by atoms with van der Waals surface area (Å²) >= 11 is 0. The van der Waals surface area contributed by atoms with Crippen LogP contribution >= 0.6 is 0 Å². The second-order valence-electron chi connectivity index (χ2n) is 6.70. The molecule has 1 aromatic heterocycles. The predicted molar refractivity (Wildman–Crippen MR) is 115 cm³/mol. The maximum atomic E-state index is 14.1. The smallest absolute Gasteiger partial charge is 0.232 e. The molecule has 0 unspecified atom stereocenters. The summed E-state index contributed by atoms with van der Waals surface area (Å²) in [4.78, 5) is 0. The van der Waals surface area contributed by atoms with Gasteiger partial charge in [-0.2, -0.15) is 4.73 Å². The Morgan fingerprint density at radius 1 is 1.13 bits per heavy atom. The van der Waals surface area contributed by atoms with Crippen molar-refractivity contribution in [1.82, 2.24) is 0 Å². The third-order valence-corrected chi connectivity index (χ3v) is 5.80. The Balaban J connectivity index is 2.17. The third-order valence-electron chi connectivity index (χ3n) is 4.49. The molecule has 0 fully saturated rings. The number of halogens is 2. The van der Waals surface area contributed by atoms with Crippen LogP contribution in [0.3, 0.4) is 0 Å². The Morgan fingerprint density at radius 2 is 1.84 bits per heavy atom. The lowest BCUT2D eigenvalue weighted by Crippen LogP contribution is -2.33. The van der Waals surface area contributed by atoms with E-state index in [2.05, 4.69) is 11.3 Å². The molecule has 0 atom stereocenters. The number of pyridine rings is 1. The molecule has 0 saturated heterocycles. The number of hydrogen-bond acceptors (Lipinski definition) is 4. The number of rotatable bonds is 7. The number of nitrogens with one attached hydrogen (secondary N) is 1. The van der Waals surface area contributed by atoms with Crippen molar-refractivity contribution in [2.75, 3.05) is 10.5 Å². The molecule has 2 aromatic carbocycles. The summed E-state index contributed by atoms with van der Waals surface area (Å²) in [5, 5.41) is 12.2. The van der Waals surface area contributed by atoms with Gasteiger partial charge >= 0.3 is 0 Å². The normalized spacial score (nSPS) is 11.2. The highest BCUT2D eigenvalue weighted by Gasteiger charge is 2.17. The van der Waals surface area contributed by atoms with Gasteiger partial charge < -0.3 is 9.94 Å². The Morgan fingerprint density at radius 3 is 2.48 bits per heavy atom. The second-order valence-corrected chi connectivity index (χ2v) is 8.71. The minimum Gasteiger partial charge on any atom is -0.618 e. The van der Waals surface area contributed by atoms with E-state index in [1.54, 1.807) is 19.1 Å². The lowest BCUT2D eigenvalue weighted by atomic mass is 10.0. The highest BCUT2D eigenvalue weighted by atomic mass is 32.2. The van der Waals surface area contributed by atoms with Gasteiger partial charge in [-0.15, -0.1) is 0 Å².